The molecule has 0 spiro atoms. The third-order valence-corrected chi connectivity index (χ3v) is 6.58. The lowest BCUT2D eigenvalue weighted by molar-refractivity contribution is -0.124. The van der Waals surface area contributed by atoms with Gasteiger partial charge in [0.25, 0.3) is 0 Å². The van der Waals surface area contributed by atoms with E-state index in [2.05, 4.69) is 33.1 Å². The Balaban J connectivity index is 1.59. The van der Waals surface area contributed by atoms with Crippen LogP contribution in [0.25, 0.3) is 22.0 Å². The van der Waals surface area contributed by atoms with E-state index in [-0.39, 0.29) is 23.7 Å². The van der Waals surface area contributed by atoms with Gasteiger partial charge in [-0.2, -0.15) is 0 Å². The highest BCUT2D eigenvalue weighted by atomic mass is 19.1. The van der Waals surface area contributed by atoms with Gasteiger partial charge in [-0.1, -0.05) is 32.0 Å². The highest BCUT2D eigenvalue weighted by Crippen LogP contribution is 2.35. The number of amides is 1. The van der Waals surface area contributed by atoms with Gasteiger partial charge in [-0.3, -0.25) is 9.78 Å². The van der Waals surface area contributed by atoms with Gasteiger partial charge in [-0.25, -0.2) is 4.39 Å². The first kappa shape index (κ1) is 21.4. The van der Waals surface area contributed by atoms with Gasteiger partial charge in [-0.15, -0.1) is 0 Å². The van der Waals surface area contributed by atoms with Crippen LogP contribution in [0.4, 0.5) is 4.39 Å². The van der Waals surface area contributed by atoms with Crippen LogP contribution in [0.3, 0.4) is 0 Å². The minimum atomic E-state index is -0.214. The number of hydrogen-bond donors (Lipinski definition) is 1. The molecular weight excluding hydrogens is 413 g/mol. The zero-order valence-electron chi connectivity index (χ0n) is 19.0. The third-order valence-electron chi connectivity index (χ3n) is 6.58. The predicted octanol–water partition coefficient (Wildman–Crippen LogP) is 5.52. The second-order valence-corrected chi connectivity index (χ2v) is 9.21. The average Bonchev–Trinajstić information content (AvgIpc) is 3.12. The number of fused-ring (bicyclic) bond motifs is 3. The smallest absolute Gasteiger partial charge is 0.222 e. The molecule has 1 unspecified atom stereocenters. The number of nitrogens with one attached hydrogen (secondary N) is 1. The van der Waals surface area contributed by atoms with Crippen molar-refractivity contribution in [1.29, 1.82) is 0 Å². The SMILES string of the molecule is CC(C)C(=O)NC1CCc2c(c3cc(-c4ccncc4)ccc3n2Cc2cccc(F)c2)C1. The van der Waals surface area contributed by atoms with Crippen LogP contribution >= 0.6 is 0 Å². The predicted molar refractivity (Wildman–Crippen MR) is 129 cm³/mol. The van der Waals surface area contributed by atoms with Gasteiger partial charge < -0.3 is 9.88 Å². The number of rotatable bonds is 5. The molecule has 5 rings (SSSR count). The molecular formula is C28H28FN3O. The highest BCUT2D eigenvalue weighted by Gasteiger charge is 2.27. The van der Waals surface area contributed by atoms with Crippen molar-refractivity contribution in [2.24, 2.45) is 5.92 Å². The molecule has 4 aromatic rings. The summed E-state index contributed by atoms with van der Waals surface area (Å²) in [5, 5.41) is 4.44. The third kappa shape index (κ3) is 4.28. The summed E-state index contributed by atoms with van der Waals surface area (Å²) in [6.45, 7) is 4.48. The number of nitrogens with zero attached hydrogens (tertiary/aromatic N) is 2. The molecule has 0 saturated heterocycles. The second kappa shape index (κ2) is 8.81. The topological polar surface area (TPSA) is 46.9 Å². The first-order chi connectivity index (χ1) is 16.0. The van der Waals surface area contributed by atoms with Gasteiger partial charge in [0.05, 0.1) is 0 Å². The van der Waals surface area contributed by atoms with E-state index < -0.39 is 0 Å². The van der Waals surface area contributed by atoms with Crippen molar-refractivity contribution in [3.05, 3.63) is 89.6 Å². The fraction of sp³-hybridized carbons (Fsp3) is 0.286. The van der Waals surface area contributed by atoms with Crippen LogP contribution in [0.5, 0.6) is 0 Å². The zero-order chi connectivity index (χ0) is 22.9. The van der Waals surface area contributed by atoms with Gasteiger partial charge in [0.1, 0.15) is 5.82 Å². The summed E-state index contributed by atoms with van der Waals surface area (Å²) in [7, 11) is 0. The van der Waals surface area contributed by atoms with E-state index in [9.17, 15) is 9.18 Å². The first-order valence-corrected chi connectivity index (χ1v) is 11.6. The number of aromatic nitrogens is 2. The van der Waals surface area contributed by atoms with Crippen LogP contribution < -0.4 is 5.32 Å². The number of halogens is 1. The van der Waals surface area contributed by atoms with Crippen LogP contribution in [0.15, 0.2) is 67.0 Å². The zero-order valence-corrected chi connectivity index (χ0v) is 19.0. The molecule has 2 aromatic carbocycles. The lowest BCUT2D eigenvalue weighted by atomic mass is 9.90. The Labute approximate surface area is 193 Å². The molecule has 1 aliphatic carbocycles. The summed E-state index contributed by atoms with van der Waals surface area (Å²) >= 11 is 0. The van der Waals surface area contributed by atoms with E-state index >= 15 is 0 Å². The lowest BCUT2D eigenvalue weighted by Gasteiger charge is -2.26. The standard InChI is InChI=1S/C28H28FN3O/c1-18(2)28(33)31-23-7-9-27-25(16-23)24-15-21(20-10-12-30-13-11-20)6-8-26(24)32(27)17-19-4-3-5-22(29)14-19/h3-6,8,10-15,18,23H,7,9,16-17H2,1-2H3,(H,31,33). The molecule has 2 heterocycles. The molecule has 0 bridgehead atoms. The largest absolute Gasteiger partial charge is 0.353 e. The van der Waals surface area contributed by atoms with E-state index in [1.54, 1.807) is 12.1 Å². The van der Waals surface area contributed by atoms with Crippen molar-refractivity contribution in [2.45, 2.75) is 45.7 Å². The van der Waals surface area contributed by atoms with Gasteiger partial charge in [0, 0.05) is 47.5 Å². The average molecular weight is 442 g/mol. The van der Waals surface area contributed by atoms with Crippen molar-refractivity contribution in [3.8, 4) is 11.1 Å². The highest BCUT2D eigenvalue weighted by molar-refractivity contribution is 5.90. The maximum absolute atomic E-state index is 13.9. The van der Waals surface area contributed by atoms with E-state index in [0.29, 0.717) is 6.54 Å². The number of hydrogen-bond acceptors (Lipinski definition) is 2. The minimum Gasteiger partial charge on any atom is -0.353 e. The van der Waals surface area contributed by atoms with Gasteiger partial charge >= 0.3 is 0 Å². The van der Waals surface area contributed by atoms with E-state index in [1.807, 2.05) is 44.4 Å². The number of carbonyl (C=O) groups is 1. The molecule has 2 aromatic heterocycles. The Morgan fingerprint density at radius 1 is 1.12 bits per heavy atom. The van der Waals surface area contributed by atoms with Gasteiger partial charge in [0.15, 0.2) is 0 Å². The number of carbonyl (C=O) groups excluding carboxylic acids is 1. The molecule has 1 atom stereocenters. The second-order valence-electron chi connectivity index (χ2n) is 9.21. The van der Waals surface area contributed by atoms with Crippen LogP contribution in [0, 0.1) is 11.7 Å². The summed E-state index contributed by atoms with van der Waals surface area (Å²) in [6, 6.07) is 17.6. The molecule has 0 fully saturated rings. The van der Waals surface area contributed by atoms with Crippen LogP contribution in [-0.4, -0.2) is 21.5 Å². The summed E-state index contributed by atoms with van der Waals surface area (Å²) in [5.41, 5.74) is 6.94. The fourth-order valence-corrected chi connectivity index (χ4v) is 4.86. The quantitative estimate of drug-likeness (QED) is 0.443. The maximum atomic E-state index is 13.9. The Kier molecular flexibility index (Phi) is 5.71. The van der Waals surface area contributed by atoms with Crippen molar-refractivity contribution in [1.82, 2.24) is 14.9 Å². The van der Waals surface area contributed by atoms with E-state index in [1.165, 1.54) is 22.7 Å². The Morgan fingerprint density at radius 3 is 2.70 bits per heavy atom. The molecule has 1 N–H and O–H groups in total. The fourth-order valence-electron chi connectivity index (χ4n) is 4.86. The number of pyridine rings is 1. The van der Waals surface area contributed by atoms with Crippen molar-refractivity contribution in [3.63, 3.8) is 0 Å². The van der Waals surface area contributed by atoms with Crippen molar-refractivity contribution >= 4 is 16.8 Å². The van der Waals surface area contributed by atoms with E-state index in [4.69, 9.17) is 0 Å². The minimum absolute atomic E-state index is 0.0287. The maximum Gasteiger partial charge on any atom is 0.222 e. The lowest BCUT2D eigenvalue weighted by Crippen LogP contribution is -2.41. The van der Waals surface area contributed by atoms with Crippen molar-refractivity contribution < 1.29 is 9.18 Å². The number of benzene rings is 2. The Hall–Kier alpha value is -3.47. The molecule has 1 aliphatic rings. The Morgan fingerprint density at radius 2 is 1.94 bits per heavy atom. The van der Waals surface area contributed by atoms with Crippen LogP contribution in [-0.2, 0) is 24.2 Å². The summed E-state index contributed by atoms with van der Waals surface area (Å²) in [6.07, 6.45) is 6.21. The van der Waals surface area contributed by atoms with Gasteiger partial charge in [0.2, 0.25) is 5.91 Å². The van der Waals surface area contributed by atoms with E-state index in [0.717, 1.165) is 41.5 Å². The molecule has 0 saturated carbocycles. The molecule has 1 amide bonds. The summed E-state index contributed by atoms with van der Waals surface area (Å²) in [4.78, 5) is 16.5. The first-order valence-electron chi connectivity index (χ1n) is 11.6. The normalized spacial score (nSPS) is 15.6. The van der Waals surface area contributed by atoms with Crippen LogP contribution in [0.2, 0.25) is 0 Å². The monoisotopic (exact) mass is 441 g/mol. The summed E-state index contributed by atoms with van der Waals surface area (Å²) in [5.74, 6) is -0.141. The summed E-state index contributed by atoms with van der Waals surface area (Å²) < 4.78 is 16.2. The molecule has 168 valence electrons. The molecule has 0 aliphatic heterocycles. The molecule has 0 radical (unpaired) electrons. The van der Waals surface area contributed by atoms with Crippen LogP contribution in [0.1, 0.15) is 37.1 Å². The van der Waals surface area contributed by atoms with Crippen molar-refractivity contribution in [2.75, 3.05) is 0 Å². The molecule has 33 heavy (non-hydrogen) atoms. The van der Waals surface area contributed by atoms with Gasteiger partial charge in [-0.05, 0) is 77.9 Å². The molecule has 4 nitrogen and oxygen atoms in total. The molecule has 5 heteroatoms. The Bertz CT molecular complexity index is 1310.